The molecule has 0 spiro atoms. The lowest BCUT2D eigenvalue weighted by molar-refractivity contribution is 0.130. The molecule has 0 aliphatic heterocycles. The normalized spacial score (nSPS) is 11.6. The molecule has 0 unspecified atom stereocenters. The van der Waals surface area contributed by atoms with Crippen molar-refractivity contribution in [2.45, 2.75) is 33.9 Å². The maximum Gasteiger partial charge on any atom is 0.170 e. The molecule has 0 aliphatic carbocycles. The number of nitrogens with two attached hydrogens (primary N) is 1. The monoisotopic (exact) mass is 348 g/mol. The van der Waals surface area contributed by atoms with Crippen molar-refractivity contribution < 1.29 is 4.84 Å². The summed E-state index contributed by atoms with van der Waals surface area (Å²) in [7, 11) is 0. The highest BCUT2D eigenvalue weighted by Crippen LogP contribution is 2.11. The van der Waals surface area contributed by atoms with E-state index in [0.29, 0.717) is 19.0 Å². The number of amidine groups is 1. The Hall–Kier alpha value is -3.08. The van der Waals surface area contributed by atoms with Crippen molar-refractivity contribution >= 4 is 5.84 Å². The number of oxime groups is 1. The Morgan fingerprint density at radius 1 is 1.04 bits per heavy atom. The van der Waals surface area contributed by atoms with Gasteiger partial charge in [0.1, 0.15) is 6.61 Å². The zero-order chi connectivity index (χ0) is 18.5. The second-order valence-corrected chi connectivity index (χ2v) is 6.52. The first-order valence-corrected chi connectivity index (χ1v) is 8.62. The van der Waals surface area contributed by atoms with Gasteiger partial charge in [0.2, 0.25) is 0 Å². The number of hydrogen-bond acceptors (Lipinski definition) is 3. The molecule has 0 atom stereocenters. The van der Waals surface area contributed by atoms with Gasteiger partial charge in [0.25, 0.3) is 0 Å². The van der Waals surface area contributed by atoms with Gasteiger partial charge < -0.3 is 10.6 Å². The fourth-order valence-electron chi connectivity index (χ4n) is 2.87. The van der Waals surface area contributed by atoms with Gasteiger partial charge in [-0.05, 0) is 44.0 Å². The van der Waals surface area contributed by atoms with Gasteiger partial charge in [0.05, 0.1) is 12.2 Å². The Kier molecular flexibility index (Phi) is 5.37. The predicted molar refractivity (Wildman–Crippen MR) is 104 cm³/mol. The Balaban J connectivity index is 1.67. The third-order valence-electron chi connectivity index (χ3n) is 4.14. The quantitative estimate of drug-likeness (QED) is 0.420. The van der Waals surface area contributed by atoms with Crippen LogP contribution in [-0.4, -0.2) is 15.6 Å². The van der Waals surface area contributed by atoms with Crippen LogP contribution < -0.4 is 5.73 Å². The summed E-state index contributed by atoms with van der Waals surface area (Å²) in [6, 6.07) is 18.2. The van der Waals surface area contributed by atoms with Crippen molar-refractivity contribution in [3.8, 4) is 0 Å². The molecule has 0 aliphatic rings. The molecular formula is C21H24N4O. The summed E-state index contributed by atoms with van der Waals surface area (Å²) in [6.45, 7) is 7.20. The topological polar surface area (TPSA) is 65.4 Å². The molecule has 0 saturated heterocycles. The van der Waals surface area contributed by atoms with Crippen molar-refractivity contribution in [3.63, 3.8) is 0 Å². The average molecular weight is 348 g/mol. The van der Waals surface area contributed by atoms with E-state index in [-0.39, 0.29) is 0 Å². The van der Waals surface area contributed by atoms with Gasteiger partial charge in [-0.25, -0.2) is 0 Å². The summed E-state index contributed by atoms with van der Waals surface area (Å²) >= 11 is 0. The minimum absolute atomic E-state index is 0.368. The predicted octanol–water partition coefficient (Wildman–Crippen LogP) is 3.69. The molecule has 1 aromatic heterocycles. The highest BCUT2D eigenvalue weighted by atomic mass is 16.6. The van der Waals surface area contributed by atoms with Crippen molar-refractivity contribution in [1.29, 1.82) is 0 Å². The Labute approximate surface area is 154 Å². The summed E-state index contributed by atoms with van der Waals surface area (Å²) in [5.74, 6) is 0.368. The molecule has 5 nitrogen and oxygen atoms in total. The first-order chi connectivity index (χ1) is 12.5. The fourth-order valence-corrected chi connectivity index (χ4v) is 2.87. The van der Waals surface area contributed by atoms with Crippen LogP contribution in [-0.2, 0) is 18.0 Å². The van der Waals surface area contributed by atoms with Crippen LogP contribution in [0.25, 0.3) is 0 Å². The van der Waals surface area contributed by atoms with Crippen molar-refractivity contribution in [2.75, 3.05) is 0 Å². The highest BCUT2D eigenvalue weighted by Gasteiger charge is 2.05. The van der Waals surface area contributed by atoms with Crippen LogP contribution in [0.4, 0.5) is 0 Å². The van der Waals surface area contributed by atoms with Crippen LogP contribution >= 0.6 is 0 Å². The number of nitrogens with zero attached hydrogens (tertiary/aromatic N) is 3. The molecule has 2 N–H and O–H groups in total. The molecule has 0 bridgehead atoms. The molecule has 0 radical (unpaired) electrons. The van der Waals surface area contributed by atoms with Crippen molar-refractivity contribution in [3.05, 3.63) is 88.2 Å². The smallest absolute Gasteiger partial charge is 0.170 e. The highest BCUT2D eigenvalue weighted by molar-refractivity contribution is 5.97. The lowest BCUT2D eigenvalue weighted by Gasteiger charge is -2.07. The molecule has 2 aromatic carbocycles. The van der Waals surface area contributed by atoms with Crippen molar-refractivity contribution in [1.82, 2.24) is 9.78 Å². The van der Waals surface area contributed by atoms with Gasteiger partial charge in [-0.2, -0.15) is 5.10 Å². The van der Waals surface area contributed by atoms with Gasteiger partial charge in [-0.15, -0.1) is 0 Å². The van der Waals surface area contributed by atoms with E-state index < -0.39 is 0 Å². The third-order valence-corrected chi connectivity index (χ3v) is 4.14. The van der Waals surface area contributed by atoms with Crippen LogP contribution in [0.1, 0.15) is 33.6 Å². The summed E-state index contributed by atoms with van der Waals surface area (Å²) in [5, 5.41) is 8.56. The largest absolute Gasteiger partial charge is 0.389 e. The first-order valence-electron chi connectivity index (χ1n) is 8.62. The molecule has 3 rings (SSSR count). The summed E-state index contributed by atoms with van der Waals surface area (Å²) in [6.07, 6.45) is 0. The molecule has 1 heterocycles. The zero-order valence-electron chi connectivity index (χ0n) is 15.4. The number of aromatic nitrogens is 2. The Morgan fingerprint density at radius 2 is 1.81 bits per heavy atom. The van der Waals surface area contributed by atoms with Gasteiger partial charge in [-0.1, -0.05) is 53.2 Å². The van der Waals surface area contributed by atoms with Crippen LogP contribution in [0.15, 0.2) is 59.8 Å². The van der Waals surface area contributed by atoms with E-state index in [4.69, 9.17) is 10.6 Å². The van der Waals surface area contributed by atoms with Crippen LogP contribution in [0, 0.1) is 20.8 Å². The molecular weight excluding hydrogens is 324 g/mol. The van der Waals surface area contributed by atoms with Gasteiger partial charge >= 0.3 is 0 Å². The van der Waals surface area contributed by atoms with Crippen LogP contribution in [0.2, 0.25) is 0 Å². The second kappa shape index (κ2) is 7.87. The standard InChI is InChI=1S/C21H24N4O/c1-15-6-4-8-19(10-15)14-26-24-21(22)20-9-5-7-18(12-20)13-25-17(3)11-16(2)23-25/h4-12H,13-14H2,1-3H3,(H2,22,24). The van der Waals surface area contributed by atoms with E-state index in [1.165, 1.54) is 5.56 Å². The molecule has 134 valence electrons. The summed E-state index contributed by atoms with van der Waals surface area (Å²) < 4.78 is 1.98. The van der Waals surface area contributed by atoms with E-state index in [9.17, 15) is 0 Å². The van der Waals surface area contributed by atoms with Crippen LogP contribution in [0.5, 0.6) is 0 Å². The third kappa shape index (κ3) is 4.51. The van der Waals surface area contributed by atoms with E-state index in [0.717, 1.165) is 28.1 Å². The molecule has 0 saturated carbocycles. The maximum absolute atomic E-state index is 6.09. The number of aryl methyl sites for hydroxylation is 3. The summed E-state index contributed by atoms with van der Waals surface area (Å²) in [5.41, 5.74) is 12.5. The van der Waals surface area contributed by atoms with E-state index in [1.54, 1.807) is 0 Å². The summed E-state index contributed by atoms with van der Waals surface area (Å²) in [4.78, 5) is 5.42. The second-order valence-electron chi connectivity index (χ2n) is 6.52. The molecule has 0 amide bonds. The number of benzene rings is 2. The Bertz CT molecular complexity index is 927. The van der Waals surface area contributed by atoms with E-state index in [1.807, 2.05) is 41.9 Å². The van der Waals surface area contributed by atoms with Crippen molar-refractivity contribution in [2.24, 2.45) is 10.9 Å². The van der Waals surface area contributed by atoms with E-state index >= 15 is 0 Å². The van der Waals surface area contributed by atoms with Gasteiger partial charge in [0, 0.05) is 11.3 Å². The SMILES string of the molecule is Cc1cccc(CON=C(N)c2cccc(Cn3nc(C)cc3C)c2)c1. The van der Waals surface area contributed by atoms with E-state index in [2.05, 4.69) is 48.4 Å². The fraction of sp³-hybridized carbons (Fsp3) is 0.238. The van der Waals surface area contributed by atoms with Gasteiger partial charge in [-0.3, -0.25) is 4.68 Å². The molecule has 0 fully saturated rings. The van der Waals surface area contributed by atoms with Crippen LogP contribution in [0.3, 0.4) is 0 Å². The first kappa shape index (κ1) is 17.7. The molecule has 5 heteroatoms. The number of rotatable bonds is 6. The minimum Gasteiger partial charge on any atom is -0.389 e. The zero-order valence-corrected chi connectivity index (χ0v) is 15.4. The lowest BCUT2D eigenvalue weighted by atomic mass is 10.1. The molecule has 3 aromatic rings. The maximum atomic E-state index is 6.09. The van der Waals surface area contributed by atoms with Gasteiger partial charge in [0.15, 0.2) is 5.84 Å². The lowest BCUT2D eigenvalue weighted by Crippen LogP contribution is -2.14. The number of hydrogen-bond donors (Lipinski definition) is 1. The molecule has 26 heavy (non-hydrogen) atoms. The average Bonchev–Trinajstić information content (AvgIpc) is 2.92. The minimum atomic E-state index is 0.368. The Morgan fingerprint density at radius 3 is 2.54 bits per heavy atom.